The van der Waals surface area contributed by atoms with Crippen LogP contribution in [0.4, 0.5) is 18.9 Å². The van der Waals surface area contributed by atoms with Crippen molar-refractivity contribution < 1.29 is 46.6 Å². The predicted molar refractivity (Wildman–Crippen MR) is 167 cm³/mol. The molecule has 0 radical (unpaired) electrons. The molecule has 48 heavy (non-hydrogen) atoms. The topological polar surface area (TPSA) is 178 Å². The van der Waals surface area contributed by atoms with E-state index < -0.39 is 47.5 Å². The number of benzene rings is 4. The minimum Gasteiger partial charge on any atom is -0.467 e. The van der Waals surface area contributed by atoms with E-state index >= 15 is 0 Å². The van der Waals surface area contributed by atoms with Gasteiger partial charge in [-0.05, 0) is 59.2 Å². The van der Waals surface area contributed by atoms with Crippen LogP contribution in [0.15, 0.2) is 97.1 Å². The zero-order valence-corrected chi connectivity index (χ0v) is 25.1. The van der Waals surface area contributed by atoms with E-state index in [0.717, 1.165) is 18.7 Å². The largest absolute Gasteiger partial charge is 0.491 e. The highest BCUT2D eigenvalue weighted by molar-refractivity contribution is 6.13. The molecule has 11 nitrogen and oxygen atoms in total. The highest BCUT2D eigenvalue weighted by atomic mass is 19.4. The van der Waals surface area contributed by atoms with Gasteiger partial charge in [0.25, 0.3) is 11.8 Å². The first kappa shape index (κ1) is 34.6. The van der Waals surface area contributed by atoms with Crippen molar-refractivity contribution in [2.24, 2.45) is 5.73 Å². The van der Waals surface area contributed by atoms with Gasteiger partial charge in [-0.3, -0.25) is 15.0 Å². The minimum atomic E-state index is -5.44. The first-order valence-electron chi connectivity index (χ1n) is 14.0. The average Bonchev–Trinajstić information content (AvgIpc) is 3.07. The Morgan fingerprint density at radius 1 is 0.792 bits per heavy atom. The van der Waals surface area contributed by atoms with Gasteiger partial charge < -0.3 is 25.8 Å². The van der Waals surface area contributed by atoms with Crippen molar-refractivity contribution in [3.05, 3.63) is 125 Å². The molecule has 14 heteroatoms. The van der Waals surface area contributed by atoms with Crippen LogP contribution in [0.2, 0.25) is 0 Å². The van der Waals surface area contributed by atoms with Crippen LogP contribution in [0, 0.1) is 5.41 Å². The fraction of sp³-hybridized carbons (Fsp3) is 0.118. The molecule has 0 saturated carbocycles. The predicted octanol–water partition coefficient (Wildman–Crippen LogP) is 4.65. The van der Waals surface area contributed by atoms with E-state index in [9.17, 15) is 37.1 Å². The fourth-order valence-electron chi connectivity index (χ4n) is 4.56. The van der Waals surface area contributed by atoms with E-state index in [4.69, 9.17) is 15.9 Å². The number of ether oxygens (including phenoxy) is 2. The Kier molecular flexibility index (Phi) is 10.7. The highest BCUT2D eigenvalue weighted by Gasteiger charge is 2.43. The lowest BCUT2D eigenvalue weighted by Gasteiger charge is -2.18. The molecule has 0 spiro atoms. The molecule has 0 aliphatic heterocycles. The molecule has 4 rings (SSSR count). The number of esters is 3. The lowest BCUT2D eigenvalue weighted by atomic mass is 9.93. The van der Waals surface area contributed by atoms with Crippen LogP contribution in [0.5, 0.6) is 0 Å². The monoisotopic (exact) mass is 660 g/mol. The summed E-state index contributed by atoms with van der Waals surface area (Å²) in [6, 6.07) is 22.5. The average molecular weight is 661 g/mol. The number of nitrogens with one attached hydrogen (secondary N) is 3. The number of nitrogen functional groups attached to an aromatic ring is 1. The summed E-state index contributed by atoms with van der Waals surface area (Å²) < 4.78 is 47.4. The summed E-state index contributed by atoms with van der Waals surface area (Å²) in [4.78, 5) is 63.8. The molecule has 4 aromatic carbocycles. The molecular weight excluding hydrogens is 633 g/mol. The summed E-state index contributed by atoms with van der Waals surface area (Å²) in [5.41, 5.74) is 5.98. The maximum atomic E-state index is 13.7. The Hall–Kier alpha value is -6.31. The summed E-state index contributed by atoms with van der Waals surface area (Å²) in [5, 5.41) is 12.8. The van der Waals surface area contributed by atoms with Crippen molar-refractivity contribution in [1.82, 2.24) is 5.32 Å². The van der Waals surface area contributed by atoms with Gasteiger partial charge >= 0.3 is 24.1 Å². The van der Waals surface area contributed by atoms with Gasteiger partial charge in [-0.15, -0.1) is 0 Å². The molecular formula is C34H27F3N4O7. The quantitative estimate of drug-likeness (QED) is 0.0822. The number of amides is 2. The van der Waals surface area contributed by atoms with Crippen LogP contribution < -0.4 is 16.4 Å². The number of hydrogen-bond acceptors (Lipinski definition) is 8. The third-order valence-corrected chi connectivity index (χ3v) is 6.91. The first-order chi connectivity index (χ1) is 22.8. The van der Waals surface area contributed by atoms with Crippen molar-refractivity contribution in [2.75, 3.05) is 12.4 Å². The number of amidine groups is 1. The summed E-state index contributed by atoms with van der Waals surface area (Å²) in [7, 11) is 1.16. The molecule has 2 amide bonds. The van der Waals surface area contributed by atoms with Gasteiger partial charge in [0.1, 0.15) is 11.9 Å². The Balaban J connectivity index is 1.75. The zero-order valence-electron chi connectivity index (χ0n) is 25.1. The van der Waals surface area contributed by atoms with E-state index in [2.05, 4.69) is 15.4 Å². The van der Waals surface area contributed by atoms with Gasteiger partial charge in [-0.1, -0.05) is 54.6 Å². The van der Waals surface area contributed by atoms with Crippen molar-refractivity contribution in [3.8, 4) is 11.1 Å². The standard InChI is InChI=1S/C34H27F3N4O7/c1-47-32(45)27(17-19-7-3-2-4-8-19)41-29(42)21-13-16-24(23-9-5-6-10-25(23)31(44)48-33(46)34(35,36)37)26(18-21)30(43)40-22-14-11-20(12-15-22)28(38)39/h2-16,18,27H,17H2,1H3,(H3,38,39)(H,40,43)(H,41,42). The van der Waals surface area contributed by atoms with Gasteiger partial charge in [-0.25, -0.2) is 14.4 Å². The number of nitrogens with two attached hydrogens (primary N) is 1. The summed E-state index contributed by atoms with van der Waals surface area (Å²) in [6.45, 7) is 0. The van der Waals surface area contributed by atoms with Gasteiger partial charge in [0, 0.05) is 28.8 Å². The van der Waals surface area contributed by atoms with Crippen LogP contribution in [-0.4, -0.2) is 54.9 Å². The molecule has 5 N–H and O–H groups in total. The van der Waals surface area contributed by atoms with Gasteiger partial charge in [-0.2, -0.15) is 13.2 Å². The summed E-state index contributed by atoms with van der Waals surface area (Å²) in [6.07, 6.45) is -5.35. The van der Waals surface area contributed by atoms with E-state index in [1.165, 1.54) is 60.7 Å². The molecule has 0 fully saturated rings. The molecule has 246 valence electrons. The number of rotatable bonds is 10. The molecule has 1 unspecified atom stereocenters. The van der Waals surface area contributed by atoms with E-state index in [-0.39, 0.29) is 40.2 Å². The van der Waals surface area contributed by atoms with Crippen molar-refractivity contribution in [2.45, 2.75) is 18.6 Å². The number of carbonyl (C=O) groups is 5. The number of anilines is 1. The molecule has 0 aliphatic carbocycles. The highest BCUT2D eigenvalue weighted by Crippen LogP contribution is 2.30. The Morgan fingerprint density at radius 2 is 1.40 bits per heavy atom. The number of halogens is 3. The first-order valence-corrected chi connectivity index (χ1v) is 14.0. The molecule has 0 saturated heterocycles. The van der Waals surface area contributed by atoms with Gasteiger partial charge in [0.05, 0.1) is 12.7 Å². The van der Waals surface area contributed by atoms with Gasteiger partial charge in [0.2, 0.25) is 0 Å². The number of methoxy groups -OCH3 is 1. The molecule has 0 bridgehead atoms. The Bertz CT molecular complexity index is 1880. The number of hydrogen-bond donors (Lipinski definition) is 4. The van der Waals surface area contributed by atoms with E-state index in [1.54, 1.807) is 30.3 Å². The SMILES string of the molecule is COC(=O)C(Cc1ccccc1)NC(=O)c1ccc(-c2ccccc2C(=O)OC(=O)C(F)(F)F)c(C(=O)Nc2ccc(C(=N)N)cc2)c1. The number of alkyl halides is 3. The molecule has 4 aromatic rings. The zero-order chi connectivity index (χ0) is 35.0. The smallest absolute Gasteiger partial charge is 0.467 e. The van der Waals surface area contributed by atoms with Crippen molar-refractivity contribution in [1.29, 1.82) is 5.41 Å². The van der Waals surface area contributed by atoms with Crippen LogP contribution in [0.1, 0.15) is 42.2 Å². The Morgan fingerprint density at radius 3 is 2.02 bits per heavy atom. The normalized spacial score (nSPS) is 11.5. The Labute approximate surface area is 271 Å². The lowest BCUT2D eigenvalue weighted by molar-refractivity contribution is -0.193. The van der Waals surface area contributed by atoms with Crippen molar-refractivity contribution >= 4 is 41.2 Å². The minimum absolute atomic E-state index is 0.00906. The second-order valence-corrected chi connectivity index (χ2v) is 10.2. The van der Waals surface area contributed by atoms with E-state index in [1.807, 2.05) is 0 Å². The summed E-state index contributed by atoms with van der Waals surface area (Å²) >= 11 is 0. The van der Waals surface area contributed by atoms with Crippen molar-refractivity contribution in [3.63, 3.8) is 0 Å². The maximum Gasteiger partial charge on any atom is 0.491 e. The number of carbonyl (C=O) groups excluding carboxylic acids is 5. The molecule has 0 heterocycles. The van der Waals surface area contributed by atoms with Crippen LogP contribution in [-0.2, 0) is 25.5 Å². The molecule has 0 aliphatic rings. The maximum absolute atomic E-state index is 13.7. The third-order valence-electron chi connectivity index (χ3n) is 6.91. The fourth-order valence-corrected chi connectivity index (χ4v) is 4.56. The van der Waals surface area contributed by atoms with Gasteiger partial charge in [0.15, 0.2) is 0 Å². The summed E-state index contributed by atoms with van der Waals surface area (Å²) in [5.74, 6) is -6.86. The van der Waals surface area contributed by atoms with Crippen LogP contribution in [0.3, 0.4) is 0 Å². The van der Waals surface area contributed by atoms with Crippen LogP contribution >= 0.6 is 0 Å². The third kappa shape index (κ3) is 8.48. The second-order valence-electron chi connectivity index (χ2n) is 10.2. The second kappa shape index (κ2) is 14.9. The molecule has 1 atom stereocenters. The van der Waals surface area contributed by atoms with Crippen LogP contribution in [0.25, 0.3) is 11.1 Å². The molecule has 0 aromatic heterocycles. The van der Waals surface area contributed by atoms with E-state index in [0.29, 0.717) is 5.56 Å². The lowest BCUT2D eigenvalue weighted by Crippen LogP contribution is -2.43.